The van der Waals surface area contributed by atoms with Gasteiger partial charge in [-0.05, 0) is 19.1 Å². The number of ether oxygens (including phenoxy) is 7. The lowest BCUT2D eigenvalue weighted by molar-refractivity contribution is -0.198. The van der Waals surface area contributed by atoms with E-state index in [1.54, 1.807) is 51.1 Å². The van der Waals surface area contributed by atoms with E-state index in [1.807, 2.05) is 0 Å². The van der Waals surface area contributed by atoms with Crippen LogP contribution in [-0.4, -0.2) is 94.7 Å². The van der Waals surface area contributed by atoms with Gasteiger partial charge in [-0.3, -0.25) is 28.8 Å². The first kappa shape index (κ1) is 43.4. The Labute approximate surface area is 314 Å². The number of carbonyl (C=O) groups is 7. The van der Waals surface area contributed by atoms with Gasteiger partial charge in [0.05, 0.1) is 11.5 Å². The van der Waals surface area contributed by atoms with Crippen LogP contribution in [0.4, 0.5) is 0 Å². The van der Waals surface area contributed by atoms with Crippen LogP contribution in [0.15, 0.2) is 54.6 Å². The maximum Gasteiger partial charge on any atom is 0.338 e. The van der Waals surface area contributed by atoms with E-state index in [0.717, 1.165) is 41.5 Å². The third-order valence-electron chi connectivity index (χ3n) is 9.42. The van der Waals surface area contributed by atoms with Crippen LogP contribution in [0, 0.1) is 17.3 Å². The third kappa shape index (κ3) is 9.92. The molecule has 0 bridgehead atoms. The van der Waals surface area contributed by atoms with Crippen molar-refractivity contribution < 1.29 is 71.8 Å². The van der Waals surface area contributed by atoms with Crippen LogP contribution < -0.4 is 0 Å². The summed E-state index contributed by atoms with van der Waals surface area (Å²) in [6, 6.07) is 7.75. The third-order valence-corrected chi connectivity index (χ3v) is 9.42. The van der Waals surface area contributed by atoms with Crippen molar-refractivity contribution in [1.29, 1.82) is 0 Å². The highest BCUT2D eigenvalue weighted by Gasteiger charge is 2.70. The highest BCUT2D eigenvalue weighted by atomic mass is 16.6. The molecule has 0 aromatic heterocycles. The second-order valence-electron chi connectivity index (χ2n) is 14.6. The number of esters is 7. The molecule has 0 unspecified atom stereocenters. The number of fused-ring (bicyclic) bond motifs is 1. The second kappa shape index (κ2) is 17.0. The lowest BCUT2D eigenvalue weighted by Crippen LogP contribution is -2.60. The Balaban J connectivity index is 2.56. The Morgan fingerprint density at radius 3 is 1.67 bits per heavy atom. The van der Waals surface area contributed by atoms with E-state index in [4.69, 9.17) is 33.2 Å². The Hall–Kier alpha value is -5.05. The predicted molar refractivity (Wildman–Crippen MR) is 188 cm³/mol. The van der Waals surface area contributed by atoms with Gasteiger partial charge in [0.25, 0.3) is 0 Å². The first-order valence-electron chi connectivity index (χ1n) is 17.4. The van der Waals surface area contributed by atoms with Crippen molar-refractivity contribution in [3.63, 3.8) is 0 Å². The average Bonchev–Trinajstić information content (AvgIpc) is 3.25. The normalized spacial score (nSPS) is 32.5. The molecule has 0 aliphatic heterocycles. The van der Waals surface area contributed by atoms with E-state index in [0.29, 0.717) is 0 Å². The van der Waals surface area contributed by atoms with Crippen LogP contribution in [0.1, 0.15) is 86.0 Å². The molecular weight excluding hydrogens is 708 g/mol. The van der Waals surface area contributed by atoms with Crippen molar-refractivity contribution in [3.8, 4) is 0 Å². The molecule has 15 nitrogen and oxygen atoms in total. The molecule has 3 rings (SSSR count). The molecule has 296 valence electrons. The van der Waals surface area contributed by atoms with Gasteiger partial charge >= 0.3 is 41.8 Å². The van der Waals surface area contributed by atoms with Gasteiger partial charge in [-0.25, -0.2) is 4.79 Å². The lowest BCUT2D eigenvalue weighted by Gasteiger charge is -2.46. The highest BCUT2D eigenvalue weighted by molar-refractivity contribution is 5.89. The summed E-state index contributed by atoms with van der Waals surface area (Å²) < 4.78 is 40.9. The minimum absolute atomic E-state index is 0.0705. The molecule has 0 radical (unpaired) electrons. The van der Waals surface area contributed by atoms with Crippen molar-refractivity contribution in [1.82, 2.24) is 0 Å². The van der Waals surface area contributed by atoms with Gasteiger partial charge in [-0.2, -0.15) is 0 Å². The maximum absolute atomic E-state index is 13.8. The second-order valence-corrected chi connectivity index (χ2v) is 14.6. The molecule has 0 heterocycles. The summed E-state index contributed by atoms with van der Waals surface area (Å²) >= 11 is 0. The maximum atomic E-state index is 13.8. The fourth-order valence-electron chi connectivity index (χ4n) is 7.50. The number of benzene rings is 1. The van der Waals surface area contributed by atoms with E-state index in [2.05, 4.69) is 6.58 Å². The first-order valence-corrected chi connectivity index (χ1v) is 17.4. The summed E-state index contributed by atoms with van der Waals surface area (Å²) in [5.74, 6) is -8.76. The summed E-state index contributed by atoms with van der Waals surface area (Å²) in [7, 11) is 0. The van der Waals surface area contributed by atoms with E-state index in [-0.39, 0.29) is 11.1 Å². The van der Waals surface area contributed by atoms with Gasteiger partial charge in [0.1, 0.15) is 23.4 Å². The van der Waals surface area contributed by atoms with Gasteiger partial charge in [0.2, 0.25) is 0 Å². The van der Waals surface area contributed by atoms with Gasteiger partial charge in [0.15, 0.2) is 24.4 Å². The Kier molecular flexibility index (Phi) is 13.6. The Morgan fingerprint density at radius 2 is 1.17 bits per heavy atom. The van der Waals surface area contributed by atoms with Crippen LogP contribution in [-0.2, 0) is 61.9 Å². The molecule has 1 fully saturated rings. The molecule has 0 amide bonds. The molecule has 0 saturated heterocycles. The summed E-state index contributed by atoms with van der Waals surface area (Å²) in [4.78, 5) is 90.5. The van der Waals surface area contributed by atoms with Gasteiger partial charge in [-0.15, -0.1) is 0 Å². The number of carbonyl (C=O) groups excluding carboxylic acids is 7. The minimum atomic E-state index is -2.39. The molecule has 54 heavy (non-hydrogen) atoms. The molecule has 1 aromatic carbocycles. The zero-order valence-corrected chi connectivity index (χ0v) is 32.2. The van der Waals surface area contributed by atoms with Crippen LogP contribution in [0.5, 0.6) is 0 Å². The highest BCUT2D eigenvalue weighted by Crippen LogP contribution is 2.54. The van der Waals surface area contributed by atoms with E-state index < -0.39 is 113 Å². The standard InChI is InChI=1S/C39H50O15/c1-20-17-18-37(9,10)35(52-26(7)44)32(50-24(5)42)31(49-23(4)41)21(2)30(48-22(3)40)29-34(53-36(46)28-15-13-12-14-16-28)38(11,54-27(8)45)19-39(29,47)33(20)51-25(6)43/h12-18,20,29-35,47H,2,19H2,1,3-11H3/b18-17+/t20-,29+,30+,31+,32-,33+,34-,35-,38-,39-/m1/s1. The van der Waals surface area contributed by atoms with E-state index in [1.165, 1.54) is 19.1 Å². The lowest BCUT2D eigenvalue weighted by atomic mass is 9.71. The van der Waals surface area contributed by atoms with Gasteiger partial charge < -0.3 is 38.3 Å². The molecule has 1 aromatic rings. The first-order chi connectivity index (χ1) is 24.9. The molecule has 1 N–H and O–H groups in total. The SMILES string of the molecule is C=C1[C@H](OC(C)=O)[C@@H](OC(C)=O)[C@@H](OC(C)=O)C(C)(C)/C=C/[C@@H](C)[C@H](OC(C)=O)[C@@]2(O)C[C@@](C)(OC(C)=O)[C@H](OC(=O)c3ccccc3)[C@@H]2[C@H]1OC(C)=O. The zero-order valence-electron chi connectivity index (χ0n) is 32.2. The molecule has 2 aliphatic carbocycles. The minimum Gasteiger partial charge on any atom is -0.459 e. The molecule has 0 spiro atoms. The quantitative estimate of drug-likeness (QED) is 0.228. The number of hydrogen-bond acceptors (Lipinski definition) is 15. The van der Waals surface area contributed by atoms with Crippen molar-refractivity contribution in [2.45, 2.75) is 123 Å². The van der Waals surface area contributed by atoms with Crippen molar-refractivity contribution in [3.05, 3.63) is 60.2 Å². The molecule has 2 aliphatic rings. The van der Waals surface area contributed by atoms with Crippen molar-refractivity contribution in [2.75, 3.05) is 0 Å². The largest absolute Gasteiger partial charge is 0.459 e. The average molecular weight is 759 g/mol. The van der Waals surface area contributed by atoms with Gasteiger partial charge in [0, 0.05) is 64.9 Å². The summed E-state index contributed by atoms with van der Waals surface area (Å²) in [5.41, 5.74) is -5.80. The van der Waals surface area contributed by atoms with Crippen LogP contribution in [0.2, 0.25) is 0 Å². The van der Waals surface area contributed by atoms with E-state index >= 15 is 0 Å². The van der Waals surface area contributed by atoms with Gasteiger partial charge in [-0.1, -0.05) is 57.7 Å². The fraction of sp³-hybridized carbons (Fsp3) is 0.564. The fourth-order valence-corrected chi connectivity index (χ4v) is 7.50. The molecule has 15 heteroatoms. The topological polar surface area (TPSA) is 204 Å². The molecule has 1 saturated carbocycles. The van der Waals surface area contributed by atoms with Crippen LogP contribution in [0.25, 0.3) is 0 Å². The molecule has 10 atom stereocenters. The Bertz CT molecular complexity index is 1660. The van der Waals surface area contributed by atoms with Crippen molar-refractivity contribution in [2.24, 2.45) is 17.3 Å². The summed E-state index contributed by atoms with van der Waals surface area (Å²) in [5, 5.41) is 13.2. The molecular formula is C39H50O15. The predicted octanol–water partition coefficient (Wildman–Crippen LogP) is 3.73. The summed E-state index contributed by atoms with van der Waals surface area (Å²) in [6.45, 7) is 16.9. The number of aliphatic hydroxyl groups is 1. The number of hydrogen-bond donors (Lipinski definition) is 1. The zero-order chi connectivity index (χ0) is 40.9. The monoisotopic (exact) mass is 758 g/mol. The van der Waals surface area contributed by atoms with Crippen LogP contribution in [0.3, 0.4) is 0 Å². The smallest absolute Gasteiger partial charge is 0.338 e. The number of rotatable bonds is 8. The Morgan fingerprint density at radius 1 is 0.667 bits per heavy atom. The van der Waals surface area contributed by atoms with Crippen LogP contribution >= 0.6 is 0 Å². The van der Waals surface area contributed by atoms with E-state index in [9.17, 15) is 38.7 Å². The summed E-state index contributed by atoms with van der Waals surface area (Å²) in [6.07, 6.45) is -7.30. The van der Waals surface area contributed by atoms with Crippen molar-refractivity contribution >= 4 is 41.8 Å².